The molecule has 0 fully saturated rings. The number of unbranched alkanes of at least 4 members (excludes halogenated alkanes) is 3. The van der Waals surface area contributed by atoms with Crippen LogP contribution < -0.4 is 4.74 Å². The molecule has 34 heavy (non-hydrogen) atoms. The van der Waals surface area contributed by atoms with Crippen molar-refractivity contribution in [2.45, 2.75) is 39.0 Å². The molecular weight excluding hydrogens is 424 g/mol. The second-order valence-electron chi connectivity index (χ2n) is 8.23. The second-order valence-corrected chi connectivity index (χ2v) is 8.23. The lowest BCUT2D eigenvalue weighted by atomic mass is 10.0. The lowest BCUT2D eigenvalue weighted by Gasteiger charge is -2.08. The molecule has 0 spiro atoms. The first-order chi connectivity index (χ1) is 16.6. The van der Waals surface area contributed by atoms with Gasteiger partial charge in [0.15, 0.2) is 5.78 Å². The molecule has 0 heterocycles. The standard InChI is InChI=1S/C30H32O4/c1-24(31)33-21-7-2-3-8-22-34-29-18-15-27(16-19-29)23-26-13-11-25(12-14-26)17-20-30(32)28-9-5-4-6-10-28/h4-6,9-20H,2-3,7-8,21-23H2,1H3/b20-17+. The Kier molecular flexibility index (Phi) is 10.1. The van der Waals surface area contributed by atoms with Gasteiger partial charge in [-0.3, -0.25) is 9.59 Å². The molecule has 0 aliphatic carbocycles. The lowest BCUT2D eigenvalue weighted by Crippen LogP contribution is -2.01. The molecule has 176 valence electrons. The summed E-state index contributed by atoms with van der Waals surface area (Å²) in [6, 6.07) is 25.8. The highest BCUT2D eigenvalue weighted by Crippen LogP contribution is 2.17. The van der Waals surface area contributed by atoms with Crippen LogP contribution in [0.1, 0.15) is 59.7 Å². The number of benzene rings is 3. The minimum Gasteiger partial charge on any atom is -0.494 e. The molecule has 4 heteroatoms. The van der Waals surface area contributed by atoms with E-state index in [1.807, 2.05) is 60.7 Å². The van der Waals surface area contributed by atoms with Crippen LogP contribution in [0.15, 0.2) is 84.9 Å². The number of ether oxygens (including phenoxy) is 2. The number of carbonyl (C=O) groups excluding carboxylic acids is 2. The molecule has 3 aromatic carbocycles. The highest BCUT2D eigenvalue weighted by atomic mass is 16.5. The Bertz CT molecular complexity index is 1050. The molecule has 0 unspecified atom stereocenters. The van der Waals surface area contributed by atoms with Crippen LogP contribution >= 0.6 is 0 Å². The monoisotopic (exact) mass is 456 g/mol. The number of ketones is 1. The summed E-state index contributed by atoms with van der Waals surface area (Å²) in [6.07, 6.45) is 8.29. The predicted octanol–water partition coefficient (Wildman–Crippen LogP) is 6.68. The first-order valence-corrected chi connectivity index (χ1v) is 11.8. The zero-order valence-corrected chi connectivity index (χ0v) is 19.7. The number of esters is 1. The van der Waals surface area contributed by atoms with E-state index in [2.05, 4.69) is 24.3 Å². The number of hydrogen-bond donors (Lipinski definition) is 0. The van der Waals surface area contributed by atoms with Crippen LogP contribution in [0.5, 0.6) is 5.75 Å². The van der Waals surface area contributed by atoms with E-state index in [9.17, 15) is 9.59 Å². The van der Waals surface area contributed by atoms with Gasteiger partial charge in [0.2, 0.25) is 0 Å². The summed E-state index contributed by atoms with van der Waals surface area (Å²) in [6.45, 7) is 2.63. The summed E-state index contributed by atoms with van der Waals surface area (Å²) in [5.41, 5.74) is 4.14. The van der Waals surface area contributed by atoms with Gasteiger partial charge in [0.25, 0.3) is 0 Å². The van der Waals surface area contributed by atoms with E-state index in [1.165, 1.54) is 18.1 Å². The maximum Gasteiger partial charge on any atom is 0.302 e. The number of hydrogen-bond acceptors (Lipinski definition) is 4. The molecule has 0 radical (unpaired) electrons. The molecule has 0 aliphatic rings. The predicted molar refractivity (Wildman–Crippen MR) is 136 cm³/mol. The van der Waals surface area contributed by atoms with Gasteiger partial charge in [-0.05, 0) is 67.0 Å². The topological polar surface area (TPSA) is 52.6 Å². The van der Waals surface area contributed by atoms with Gasteiger partial charge in [-0.25, -0.2) is 0 Å². The largest absolute Gasteiger partial charge is 0.494 e. The highest BCUT2D eigenvalue weighted by Gasteiger charge is 2.01. The fraction of sp³-hybridized carbons (Fsp3) is 0.267. The molecule has 0 aromatic heterocycles. The first kappa shape index (κ1) is 25.0. The van der Waals surface area contributed by atoms with Gasteiger partial charge in [-0.1, -0.05) is 72.8 Å². The van der Waals surface area contributed by atoms with E-state index in [-0.39, 0.29) is 11.8 Å². The van der Waals surface area contributed by atoms with E-state index in [0.717, 1.165) is 43.4 Å². The molecule has 3 rings (SSSR count). The van der Waals surface area contributed by atoms with Gasteiger partial charge in [0.05, 0.1) is 13.2 Å². The second kappa shape index (κ2) is 13.8. The van der Waals surface area contributed by atoms with Crippen LogP contribution in [0.2, 0.25) is 0 Å². The van der Waals surface area contributed by atoms with Crippen molar-refractivity contribution in [3.63, 3.8) is 0 Å². The van der Waals surface area contributed by atoms with Crippen molar-refractivity contribution >= 4 is 17.8 Å². The minimum atomic E-state index is -0.215. The third-order valence-electron chi connectivity index (χ3n) is 5.41. The van der Waals surface area contributed by atoms with Crippen molar-refractivity contribution in [1.29, 1.82) is 0 Å². The zero-order chi connectivity index (χ0) is 24.0. The molecule has 0 bridgehead atoms. The molecular formula is C30H32O4. The SMILES string of the molecule is CC(=O)OCCCCCCOc1ccc(Cc2ccc(/C=C/C(=O)c3ccccc3)cc2)cc1. The lowest BCUT2D eigenvalue weighted by molar-refractivity contribution is -0.141. The van der Waals surface area contributed by atoms with Crippen LogP contribution in [0.3, 0.4) is 0 Å². The van der Waals surface area contributed by atoms with Crippen molar-refractivity contribution in [2.75, 3.05) is 13.2 Å². The van der Waals surface area contributed by atoms with E-state index in [0.29, 0.717) is 18.8 Å². The average Bonchev–Trinajstić information content (AvgIpc) is 2.86. The van der Waals surface area contributed by atoms with Crippen molar-refractivity contribution in [1.82, 2.24) is 0 Å². The van der Waals surface area contributed by atoms with Crippen LogP contribution in [-0.2, 0) is 16.0 Å². The van der Waals surface area contributed by atoms with E-state index >= 15 is 0 Å². The number of rotatable bonds is 13. The van der Waals surface area contributed by atoms with E-state index < -0.39 is 0 Å². The van der Waals surface area contributed by atoms with Crippen LogP contribution in [0.25, 0.3) is 6.08 Å². The maximum atomic E-state index is 12.2. The molecule has 0 amide bonds. The van der Waals surface area contributed by atoms with Crippen molar-refractivity contribution < 1.29 is 19.1 Å². The van der Waals surface area contributed by atoms with Gasteiger partial charge in [0, 0.05) is 12.5 Å². The summed E-state index contributed by atoms with van der Waals surface area (Å²) < 4.78 is 10.8. The Balaban J connectivity index is 1.38. The summed E-state index contributed by atoms with van der Waals surface area (Å²) in [4.78, 5) is 22.9. The maximum absolute atomic E-state index is 12.2. The molecule has 4 nitrogen and oxygen atoms in total. The summed E-state index contributed by atoms with van der Waals surface area (Å²) in [5, 5.41) is 0. The van der Waals surface area contributed by atoms with E-state index in [1.54, 1.807) is 6.08 Å². The number of carbonyl (C=O) groups is 2. The summed E-state index contributed by atoms with van der Waals surface area (Å²) in [7, 11) is 0. The molecule has 0 N–H and O–H groups in total. The Labute approximate surface area is 202 Å². The summed E-state index contributed by atoms with van der Waals surface area (Å²) in [5.74, 6) is 0.673. The molecule has 0 atom stereocenters. The molecule has 0 saturated heterocycles. The first-order valence-electron chi connectivity index (χ1n) is 11.8. The van der Waals surface area contributed by atoms with E-state index in [4.69, 9.17) is 9.47 Å². The minimum absolute atomic E-state index is 0.00579. The average molecular weight is 457 g/mol. The quantitative estimate of drug-likeness (QED) is 0.125. The van der Waals surface area contributed by atoms with Gasteiger partial charge < -0.3 is 9.47 Å². The Morgan fingerprint density at radius 2 is 1.35 bits per heavy atom. The van der Waals surface area contributed by atoms with Crippen LogP contribution in [-0.4, -0.2) is 25.0 Å². The third kappa shape index (κ3) is 9.07. The normalized spacial score (nSPS) is 10.9. The van der Waals surface area contributed by atoms with Crippen molar-refractivity contribution in [2.24, 2.45) is 0 Å². The Morgan fingerprint density at radius 3 is 2.00 bits per heavy atom. The Hall–Kier alpha value is -3.66. The van der Waals surface area contributed by atoms with Gasteiger partial charge >= 0.3 is 5.97 Å². The van der Waals surface area contributed by atoms with Gasteiger partial charge in [-0.2, -0.15) is 0 Å². The van der Waals surface area contributed by atoms with Gasteiger partial charge in [-0.15, -0.1) is 0 Å². The molecule has 0 aliphatic heterocycles. The fourth-order valence-corrected chi connectivity index (χ4v) is 3.52. The third-order valence-corrected chi connectivity index (χ3v) is 5.41. The fourth-order valence-electron chi connectivity index (χ4n) is 3.52. The highest BCUT2D eigenvalue weighted by molar-refractivity contribution is 6.06. The Morgan fingerprint density at radius 1 is 0.735 bits per heavy atom. The van der Waals surface area contributed by atoms with Crippen molar-refractivity contribution in [3.05, 3.63) is 107 Å². The summed E-state index contributed by atoms with van der Waals surface area (Å²) >= 11 is 0. The van der Waals surface area contributed by atoms with Crippen LogP contribution in [0.4, 0.5) is 0 Å². The van der Waals surface area contributed by atoms with Crippen LogP contribution in [0, 0.1) is 0 Å². The number of allylic oxidation sites excluding steroid dienone is 1. The molecule has 3 aromatic rings. The zero-order valence-electron chi connectivity index (χ0n) is 19.7. The smallest absolute Gasteiger partial charge is 0.302 e. The van der Waals surface area contributed by atoms with Crippen molar-refractivity contribution in [3.8, 4) is 5.75 Å². The molecule has 0 saturated carbocycles. The van der Waals surface area contributed by atoms with Gasteiger partial charge in [0.1, 0.15) is 5.75 Å².